The maximum absolute atomic E-state index is 12.8. The number of nitrogens with zero attached hydrogens (tertiary/aromatic N) is 5. The molecule has 0 radical (unpaired) electrons. The summed E-state index contributed by atoms with van der Waals surface area (Å²) in [6.07, 6.45) is -4.13. The van der Waals surface area contributed by atoms with Crippen molar-refractivity contribution in [1.29, 1.82) is 0 Å². The van der Waals surface area contributed by atoms with Crippen LogP contribution in [-0.2, 0) is 14.8 Å². The molecule has 2 rings (SSSR count). The molecule has 0 spiro atoms. The van der Waals surface area contributed by atoms with E-state index in [4.69, 9.17) is 9.47 Å². The summed E-state index contributed by atoms with van der Waals surface area (Å²) in [5.41, 5.74) is 1.69. The second-order valence-corrected chi connectivity index (χ2v) is 8.88. The number of nitrogens with one attached hydrogen (secondary N) is 2. The standard InChI is InChI=1S/C18H22F3N7O5S/c1-11-23-14(26-16(24-11)31-5)25-15(27-22-10-32-17(2,3)4)28-34(29,30)13-9-7-6-8-12(13)33-18(19,20)21/h6-10H,1-5H3,(H2,23,24,25,26,27,28). The van der Waals surface area contributed by atoms with Gasteiger partial charge in [0.2, 0.25) is 11.9 Å². The van der Waals surface area contributed by atoms with Crippen molar-refractivity contribution in [2.45, 2.75) is 44.6 Å². The van der Waals surface area contributed by atoms with Gasteiger partial charge in [0.05, 0.1) is 7.11 Å². The van der Waals surface area contributed by atoms with E-state index in [1.165, 1.54) is 26.2 Å². The number of alkyl halides is 3. The van der Waals surface area contributed by atoms with E-state index in [1.54, 1.807) is 20.8 Å². The number of hydrogen-bond donors (Lipinski definition) is 2. The molecule has 2 N–H and O–H groups in total. The summed E-state index contributed by atoms with van der Waals surface area (Å²) in [4.78, 5) is 10.9. The number of rotatable bonds is 7. The fraction of sp³-hybridized carbons (Fsp3) is 0.389. The lowest BCUT2D eigenvalue weighted by Gasteiger charge is -2.16. The molecular formula is C18H22F3N7O5S. The van der Waals surface area contributed by atoms with Crippen molar-refractivity contribution in [2.24, 2.45) is 9.50 Å². The van der Waals surface area contributed by atoms with E-state index in [0.29, 0.717) is 0 Å². The molecule has 0 saturated heterocycles. The minimum Gasteiger partial charge on any atom is -0.476 e. The van der Waals surface area contributed by atoms with Crippen LogP contribution in [0.25, 0.3) is 0 Å². The number of ether oxygens (including phenoxy) is 3. The van der Waals surface area contributed by atoms with Crippen LogP contribution < -0.4 is 20.2 Å². The number of hydrogen-bond acceptors (Lipinski definition) is 9. The highest BCUT2D eigenvalue weighted by atomic mass is 32.2. The van der Waals surface area contributed by atoms with E-state index in [2.05, 4.69) is 39.9 Å². The van der Waals surface area contributed by atoms with Crippen molar-refractivity contribution < 1.29 is 35.8 Å². The van der Waals surface area contributed by atoms with Crippen molar-refractivity contribution in [3.63, 3.8) is 0 Å². The summed E-state index contributed by atoms with van der Waals surface area (Å²) in [5, 5.41) is 6.18. The molecular weight excluding hydrogens is 483 g/mol. The van der Waals surface area contributed by atoms with E-state index in [-0.39, 0.29) is 17.8 Å². The van der Waals surface area contributed by atoms with Gasteiger partial charge in [0.1, 0.15) is 22.1 Å². The Bertz CT molecular complexity index is 1170. The summed E-state index contributed by atoms with van der Waals surface area (Å²) in [6.45, 7) is 6.76. The lowest BCUT2D eigenvalue weighted by molar-refractivity contribution is -0.275. The van der Waals surface area contributed by atoms with Crippen molar-refractivity contribution in [2.75, 3.05) is 12.4 Å². The Labute approximate surface area is 193 Å². The number of para-hydroxylation sites is 1. The van der Waals surface area contributed by atoms with Crippen molar-refractivity contribution in [3.8, 4) is 11.8 Å². The lowest BCUT2D eigenvalue weighted by Crippen LogP contribution is -2.30. The number of benzene rings is 1. The molecule has 0 amide bonds. The van der Waals surface area contributed by atoms with Gasteiger partial charge < -0.3 is 14.2 Å². The van der Waals surface area contributed by atoms with E-state index in [1.807, 2.05) is 0 Å². The Morgan fingerprint density at radius 1 is 1.12 bits per heavy atom. The zero-order valence-corrected chi connectivity index (χ0v) is 19.5. The maximum atomic E-state index is 12.8. The van der Waals surface area contributed by atoms with Crippen LogP contribution in [0.1, 0.15) is 26.6 Å². The first-order chi connectivity index (χ1) is 15.7. The quantitative estimate of drug-likeness (QED) is 0.327. The molecule has 16 heteroatoms. The lowest BCUT2D eigenvalue weighted by atomic mass is 10.2. The van der Waals surface area contributed by atoms with Crippen LogP contribution >= 0.6 is 0 Å². The van der Waals surface area contributed by atoms with Gasteiger partial charge in [-0.3, -0.25) is 5.32 Å². The van der Waals surface area contributed by atoms with E-state index in [9.17, 15) is 21.6 Å². The number of aromatic nitrogens is 3. The molecule has 0 aliphatic heterocycles. The Kier molecular flexibility index (Phi) is 8.20. The summed E-state index contributed by atoms with van der Waals surface area (Å²) in [7, 11) is -3.45. The topological polar surface area (TPSA) is 149 Å². The van der Waals surface area contributed by atoms with E-state index >= 15 is 0 Å². The van der Waals surface area contributed by atoms with Gasteiger partial charge in [-0.25, -0.2) is 5.43 Å². The maximum Gasteiger partial charge on any atom is 0.573 e. The van der Waals surface area contributed by atoms with Crippen LogP contribution in [0.15, 0.2) is 38.7 Å². The van der Waals surface area contributed by atoms with Gasteiger partial charge in [-0.1, -0.05) is 12.1 Å². The Morgan fingerprint density at radius 3 is 2.41 bits per heavy atom. The molecule has 0 saturated carbocycles. The largest absolute Gasteiger partial charge is 0.573 e. The number of hydrazone groups is 1. The number of aryl methyl sites for hydroxylation is 1. The van der Waals surface area contributed by atoms with Gasteiger partial charge >= 0.3 is 12.4 Å². The number of halogens is 3. The fourth-order valence-electron chi connectivity index (χ4n) is 2.10. The second-order valence-electron chi connectivity index (χ2n) is 7.30. The van der Waals surface area contributed by atoms with Gasteiger partial charge in [-0.05, 0) is 39.8 Å². The van der Waals surface area contributed by atoms with Crippen molar-refractivity contribution >= 4 is 28.3 Å². The summed E-state index contributed by atoms with van der Waals surface area (Å²) in [6, 6.07) is 4.04. The van der Waals surface area contributed by atoms with Crippen molar-refractivity contribution in [3.05, 3.63) is 30.1 Å². The van der Waals surface area contributed by atoms with Gasteiger partial charge in [-0.2, -0.15) is 23.4 Å². The van der Waals surface area contributed by atoms with Gasteiger partial charge in [0.25, 0.3) is 10.0 Å². The highest BCUT2D eigenvalue weighted by Gasteiger charge is 2.34. The Balaban J connectivity index is 2.47. The minimum atomic E-state index is -5.12. The molecule has 0 aliphatic carbocycles. The molecule has 2 aromatic rings. The van der Waals surface area contributed by atoms with Crippen LogP contribution in [-0.4, -0.2) is 54.8 Å². The average Bonchev–Trinajstić information content (AvgIpc) is 2.68. The minimum absolute atomic E-state index is 0.0827. The molecule has 1 aromatic heterocycles. The predicted molar refractivity (Wildman–Crippen MR) is 115 cm³/mol. The highest BCUT2D eigenvalue weighted by molar-refractivity contribution is 7.90. The monoisotopic (exact) mass is 505 g/mol. The first-order valence-corrected chi connectivity index (χ1v) is 10.8. The zero-order chi connectivity index (χ0) is 25.6. The number of methoxy groups -OCH3 is 1. The van der Waals surface area contributed by atoms with Gasteiger partial charge in [0.15, 0.2) is 6.40 Å². The molecule has 0 atom stereocenters. The molecule has 1 aromatic carbocycles. The van der Waals surface area contributed by atoms with Crippen LogP contribution in [0, 0.1) is 6.92 Å². The van der Waals surface area contributed by atoms with E-state index in [0.717, 1.165) is 18.5 Å². The third-order valence-corrected chi connectivity index (χ3v) is 4.65. The molecule has 1 heterocycles. The molecule has 12 nitrogen and oxygen atoms in total. The third kappa shape index (κ3) is 8.68. The Hall–Kier alpha value is -3.69. The summed E-state index contributed by atoms with van der Waals surface area (Å²) in [5.74, 6) is -1.49. The van der Waals surface area contributed by atoms with E-state index < -0.39 is 38.6 Å². The summed E-state index contributed by atoms with van der Waals surface area (Å²) >= 11 is 0. The summed E-state index contributed by atoms with van der Waals surface area (Å²) < 4.78 is 81.4. The zero-order valence-electron chi connectivity index (χ0n) is 18.7. The normalized spacial score (nSPS) is 13.0. The number of anilines is 1. The second kappa shape index (κ2) is 10.5. The molecule has 0 unspecified atom stereocenters. The first-order valence-electron chi connectivity index (χ1n) is 9.37. The number of guanidine groups is 1. The van der Waals surface area contributed by atoms with Crippen LogP contribution in [0.2, 0.25) is 0 Å². The predicted octanol–water partition coefficient (Wildman–Crippen LogP) is 2.59. The molecule has 0 bridgehead atoms. The first kappa shape index (κ1) is 26.6. The Morgan fingerprint density at radius 2 is 1.79 bits per heavy atom. The van der Waals surface area contributed by atoms with Crippen LogP contribution in [0.4, 0.5) is 19.1 Å². The molecule has 34 heavy (non-hydrogen) atoms. The molecule has 0 aliphatic rings. The van der Waals surface area contributed by atoms with Crippen LogP contribution in [0.3, 0.4) is 0 Å². The van der Waals surface area contributed by atoms with Crippen LogP contribution in [0.5, 0.6) is 11.8 Å². The van der Waals surface area contributed by atoms with Crippen molar-refractivity contribution in [1.82, 2.24) is 20.4 Å². The van der Waals surface area contributed by atoms with Gasteiger partial charge in [-0.15, -0.1) is 22.7 Å². The smallest absolute Gasteiger partial charge is 0.476 e. The SMILES string of the molecule is COc1nc(C)nc(NC(=NS(=O)(=O)c2ccccc2OC(F)(F)F)NN=COC(C)(C)C)n1. The molecule has 0 fully saturated rings. The third-order valence-electron chi connectivity index (χ3n) is 3.33. The molecule has 186 valence electrons. The fourth-order valence-corrected chi connectivity index (χ4v) is 3.13. The van der Waals surface area contributed by atoms with Gasteiger partial charge in [0, 0.05) is 0 Å². The number of sulfonamides is 1. The highest BCUT2D eigenvalue weighted by Crippen LogP contribution is 2.30. The average molecular weight is 505 g/mol.